The maximum absolute atomic E-state index is 14.4. The molecule has 1 aromatic heterocycles. The minimum absolute atomic E-state index is 0.0938. The Labute approximate surface area is 246 Å². The smallest absolute Gasteiger partial charge is 0.342 e. The first-order chi connectivity index (χ1) is 19.7. The van der Waals surface area contributed by atoms with Crippen LogP contribution in [0, 0.1) is 5.82 Å². The van der Waals surface area contributed by atoms with E-state index in [1.807, 2.05) is 32.9 Å². The molecule has 1 fully saturated rings. The highest BCUT2D eigenvalue weighted by Gasteiger charge is 2.30. The van der Waals surface area contributed by atoms with Gasteiger partial charge in [0.2, 0.25) is 0 Å². The molecule has 1 saturated heterocycles. The molecule has 0 radical (unpaired) electrons. The largest absolute Gasteiger partial charge is 0.459 e. The van der Waals surface area contributed by atoms with E-state index in [4.69, 9.17) is 16.3 Å². The lowest BCUT2D eigenvalue weighted by atomic mass is 10.1. The molecule has 0 bridgehead atoms. The van der Waals surface area contributed by atoms with Gasteiger partial charge in [0, 0.05) is 45.0 Å². The summed E-state index contributed by atoms with van der Waals surface area (Å²) >= 11 is 6.16. The van der Waals surface area contributed by atoms with Crippen molar-refractivity contribution in [3.63, 3.8) is 0 Å². The number of carbonyl (C=O) groups excluding carboxylic acids is 2. The molecular weight excluding hydrogens is 543 g/mol. The third kappa shape index (κ3) is 7.43. The Balaban J connectivity index is 1.44. The van der Waals surface area contributed by atoms with Gasteiger partial charge in [0.25, 0.3) is 5.91 Å². The third-order valence-electron chi connectivity index (χ3n) is 7.33. The van der Waals surface area contributed by atoms with Gasteiger partial charge in [0.15, 0.2) is 0 Å². The number of likely N-dealkylation sites (N-methyl/N-ethyl adjacent to an activating group) is 1. The number of esters is 1. The minimum Gasteiger partial charge on any atom is -0.459 e. The van der Waals surface area contributed by atoms with Crippen LogP contribution in [0.4, 0.5) is 10.2 Å². The molecule has 9 heteroatoms. The summed E-state index contributed by atoms with van der Waals surface area (Å²) in [4.78, 5) is 36.5. The topological polar surface area (TPSA) is 66.0 Å². The number of hydrogen-bond acceptors (Lipinski definition) is 6. The average Bonchev–Trinajstić information content (AvgIpc) is 3.44. The molecule has 0 N–H and O–H groups in total. The number of amides is 1. The lowest BCUT2D eigenvalue weighted by molar-refractivity contribution is 0.0378. The van der Waals surface area contributed by atoms with Crippen LogP contribution in [-0.2, 0) is 17.8 Å². The van der Waals surface area contributed by atoms with Crippen molar-refractivity contribution < 1.29 is 18.7 Å². The molecule has 1 aliphatic heterocycles. The van der Waals surface area contributed by atoms with E-state index in [0.29, 0.717) is 24.5 Å². The molecule has 2 heterocycles. The fourth-order valence-corrected chi connectivity index (χ4v) is 5.53. The Bertz CT molecular complexity index is 1350. The second kappa shape index (κ2) is 13.9. The average molecular weight is 581 g/mol. The molecule has 3 aromatic rings. The Morgan fingerprint density at radius 1 is 1.07 bits per heavy atom. The number of carbonyl (C=O) groups is 2. The van der Waals surface area contributed by atoms with E-state index >= 15 is 0 Å². The SMILES string of the molecule is CCN(Cc1cccc(CN(CC)[C@@H]2CCN(c3ncccc3C(=O)OC(C)C)C2)c1)C(=O)c1c(F)cccc1Cl. The van der Waals surface area contributed by atoms with Gasteiger partial charge in [0.05, 0.1) is 16.7 Å². The van der Waals surface area contributed by atoms with Crippen molar-refractivity contribution in [2.45, 2.75) is 59.4 Å². The number of benzene rings is 2. The second-order valence-corrected chi connectivity index (χ2v) is 10.9. The summed E-state index contributed by atoms with van der Waals surface area (Å²) < 4.78 is 19.9. The molecule has 0 unspecified atom stereocenters. The van der Waals surface area contributed by atoms with Crippen LogP contribution in [0.25, 0.3) is 0 Å². The van der Waals surface area contributed by atoms with Gasteiger partial charge in [-0.2, -0.15) is 0 Å². The molecule has 4 rings (SSSR count). The molecular formula is C32H38ClFN4O3. The summed E-state index contributed by atoms with van der Waals surface area (Å²) in [5.74, 6) is -0.729. The number of aromatic nitrogens is 1. The predicted molar refractivity (Wildman–Crippen MR) is 160 cm³/mol. The van der Waals surface area contributed by atoms with Gasteiger partial charge in [-0.25, -0.2) is 14.2 Å². The molecule has 41 heavy (non-hydrogen) atoms. The van der Waals surface area contributed by atoms with Crippen molar-refractivity contribution >= 4 is 29.3 Å². The zero-order valence-corrected chi connectivity index (χ0v) is 24.9. The van der Waals surface area contributed by atoms with Crippen LogP contribution in [0.15, 0.2) is 60.8 Å². The molecule has 218 valence electrons. The Morgan fingerprint density at radius 2 is 1.80 bits per heavy atom. The Morgan fingerprint density at radius 3 is 2.49 bits per heavy atom. The normalized spacial score (nSPS) is 15.0. The summed E-state index contributed by atoms with van der Waals surface area (Å²) in [6, 6.07) is 16.3. The summed E-state index contributed by atoms with van der Waals surface area (Å²) in [6.07, 6.45) is 2.46. The molecule has 0 aliphatic carbocycles. The standard InChI is InChI=1S/C32H38ClFN4O3/c1-5-36(25-15-17-38(21-25)30-26(12-9-16-35-30)32(40)41-22(3)4)19-23-10-7-11-24(18-23)20-37(6-2)31(39)29-27(33)13-8-14-28(29)34/h7-14,16,18,22,25H,5-6,15,17,19-21H2,1-4H3/t25-/m1/s1. The monoisotopic (exact) mass is 580 g/mol. The maximum Gasteiger partial charge on any atom is 0.342 e. The van der Waals surface area contributed by atoms with Crippen molar-refractivity contribution in [3.8, 4) is 0 Å². The Hall–Kier alpha value is -3.49. The van der Waals surface area contributed by atoms with E-state index in [2.05, 4.69) is 33.8 Å². The van der Waals surface area contributed by atoms with Crippen molar-refractivity contribution in [1.82, 2.24) is 14.8 Å². The van der Waals surface area contributed by atoms with E-state index in [-0.39, 0.29) is 28.7 Å². The summed E-state index contributed by atoms with van der Waals surface area (Å²) in [6.45, 7) is 11.6. The van der Waals surface area contributed by atoms with Gasteiger partial charge in [-0.1, -0.05) is 48.9 Å². The molecule has 7 nitrogen and oxygen atoms in total. The zero-order valence-electron chi connectivity index (χ0n) is 24.1. The van der Waals surface area contributed by atoms with Gasteiger partial charge in [0.1, 0.15) is 17.2 Å². The second-order valence-electron chi connectivity index (χ2n) is 10.5. The number of hydrogen-bond donors (Lipinski definition) is 0. The molecule has 2 aromatic carbocycles. The van der Waals surface area contributed by atoms with Crippen molar-refractivity contribution in [2.24, 2.45) is 0 Å². The van der Waals surface area contributed by atoms with Crippen LogP contribution in [-0.4, -0.2) is 65.0 Å². The van der Waals surface area contributed by atoms with Crippen LogP contribution >= 0.6 is 11.6 Å². The fraction of sp³-hybridized carbons (Fsp3) is 0.406. The first-order valence-corrected chi connectivity index (χ1v) is 14.6. The highest BCUT2D eigenvalue weighted by atomic mass is 35.5. The highest BCUT2D eigenvalue weighted by molar-refractivity contribution is 6.33. The van der Waals surface area contributed by atoms with Crippen molar-refractivity contribution in [2.75, 3.05) is 31.1 Å². The number of halogens is 2. The minimum atomic E-state index is -0.617. The van der Waals surface area contributed by atoms with E-state index in [1.54, 1.807) is 23.2 Å². The van der Waals surface area contributed by atoms with Gasteiger partial charge >= 0.3 is 5.97 Å². The van der Waals surface area contributed by atoms with E-state index in [9.17, 15) is 14.0 Å². The summed E-state index contributed by atoms with van der Waals surface area (Å²) in [7, 11) is 0. The van der Waals surface area contributed by atoms with Gasteiger partial charge in [-0.3, -0.25) is 9.69 Å². The van der Waals surface area contributed by atoms with Gasteiger partial charge in [-0.05, 0) is 69.1 Å². The van der Waals surface area contributed by atoms with Crippen LogP contribution in [0.3, 0.4) is 0 Å². The first kappa shape index (κ1) is 30.5. The van der Waals surface area contributed by atoms with Gasteiger partial charge < -0.3 is 14.5 Å². The predicted octanol–water partition coefficient (Wildman–Crippen LogP) is 6.20. The van der Waals surface area contributed by atoms with Crippen LogP contribution in [0.2, 0.25) is 5.02 Å². The quantitative estimate of drug-likeness (QED) is 0.252. The van der Waals surface area contributed by atoms with Crippen molar-refractivity contribution in [1.29, 1.82) is 0 Å². The molecule has 1 atom stereocenters. The third-order valence-corrected chi connectivity index (χ3v) is 7.65. The lowest BCUT2D eigenvalue weighted by Gasteiger charge is -2.28. The number of ether oxygens (including phenoxy) is 1. The first-order valence-electron chi connectivity index (χ1n) is 14.2. The molecule has 1 amide bonds. The number of pyridine rings is 1. The van der Waals surface area contributed by atoms with E-state index in [1.165, 1.54) is 18.2 Å². The summed E-state index contributed by atoms with van der Waals surface area (Å²) in [5, 5.41) is 0.112. The molecule has 0 spiro atoms. The Kier molecular flexibility index (Phi) is 10.3. The molecule has 1 aliphatic rings. The maximum atomic E-state index is 14.4. The highest BCUT2D eigenvalue weighted by Crippen LogP contribution is 2.27. The van der Waals surface area contributed by atoms with Crippen LogP contribution in [0.5, 0.6) is 0 Å². The number of rotatable bonds is 11. The summed E-state index contributed by atoms with van der Waals surface area (Å²) in [5.41, 5.74) is 2.50. The molecule has 0 saturated carbocycles. The van der Waals surface area contributed by atoms with E-state index in [0.717, 1.165) is 43.7 Å². The lowest BCUT2D eigenvalue weighted by Crippen LogP contribution is -2.37. The zero-order chi connectivity index (χ0) is 29.5. The van der Waals surface area contributed by atoms with Crippen LogP contribution < -0.4 is 4.90 Å². The van der Waals surface area contributed by atoms with E-state index < -0.39 is 11.7 Å². The number of nitrogens with zero attached hydrogens (tertiary/aromatic N) is 4. The fourth-order valence-electron chi connectivity index (χ4n) is 5.29. The van der Waals surface area contributed by atoms with Crippen LogP contribution in [0.1, 0.15) is 66.0 Å². The van der Waals surface area contributed by atoms with Gasteiger partial charge in [-0.15, -0.1) is 0 Å². The number of anilines is 1. The van der Waals surface area contributed by atoms with Crippen molar-refractivity contribution in [3.05, 3.63) is 93.9 Å².